The van der Waals surface area contributed by atoms with Gasteiger partial charge in [0.05, 0.1) is 22.1 Å². The van der Waals surface area contributed by atoms with Crippen LogP contribution in [0.3, 0.4) is 0 Å². The molecule has 0 spiro atoms. The zero-order valence-corrected chi connectivity index (χ0v) is 26.2. The summed E-state index contributed by atoms with van der Waals surface area (Å²) in [7, 11) is 0. The monoisotopic (exact) mass is 610 g/mol. The van der Waals surface area contributed by atoms with Crippen molar-refractivity contribution in [3.63, 3.8) is 0 Å². The maximum absolute atomic E-state index is 2.40. The molecule has 2 nitrogen and oxygen atoms in total. The SMILES string of the molecule is c1ccc(-n2c3ccccc3c3cc(-c4ccc5c(c4)c4ccccc4n5-c4ccc(-c5ccc6ccccc6c5)cc4)ccc32)cc1. The van der Waals surface area contributed by atoms with Crippen LogP contribution < -0.4 is 0 Å². The van der Waals surface area contributed by atoms with Crippen LogP contribution in [0.5, 0.6) is 0 Å². The van der Waals surface area contributed by atoms with E-state index in [4.69, 9.17) is 0 Å². The fraction of sp³-hybridized carbons (Fsp3) is 0. The van der Waals surface area contributed by atoms with Crippen molar-refractivity contribution >= 4 is 54.4 Å². The van der Waals surface area contributed by atoms with Gasteiger partial charge in [0.2, 0.25) is 0 Å². The molecule has 0 bridgehead atoms. The van der Waals surface area contributed by atoms with Crippen LogP contribution in [0.25, 0.3) is 88.0 Å². The van der Waals surface area contributed by atoms with Gasteiger partial charge in [0, 0.05) is 32.9 Å². The van der Waals surface area contributed by atoms with E-state index >= 15 is 0 Å². The fourth-order valence-corrected chi connectivity index (χ4v) is 7.61. The summed E-state index contributed by atoms with van der Waals surface area (Å²) in [6, 6.07) is 66.2. The number of aromatic nitrogens is 2. The predicted molar refractivity (Wildman–Crippen MR) is 203 cm³/mol. The van der Waals surface area contributed by atoms with E-state index in [1.54, 1.807) is 0 Å². The van der Waals surface area contributed by atoms with E-state index in [0.29, 0.717) is 0 Å². The Kier molecular flexibility index (Phi) is 5.91. The Morgan fingerprint density at radius 1 is 0.250 bits per heavy atom. The molecule has 0 radical (unpaired) electrons. The Hall–Kier alpha value is -6.38. The summed E-state index contributed by atoms with van der Waals surface area (Å²) in [6.07, 6.45) is 0. The van der Waals surface area contributed by atoms with Crippen LogP contribution in [0.4, 0.5) is 0 Å². The molecule has 0 unspecified atom stereocenters. The van der Waals surface area contributed by atoms with Crippen molar-refractivity contribution in [1.82, 2.24) is 9.13 Å². The van der Waals surface area contributed by atoms with Crippen LogP contribution in [0, 0.1) is 0 Å². The highest BCUT2D eigenvalue weighted by atomic mass is 15.0. The third-order valence-electron chi connectivity index (χ3n) is 9.90. The average Bonchev–Trinajstić information content (AvgIpc) is 3.67. The number of benzene rings is 8. The number of fused-ring (bicyclic) bond motifs is 7. The number of para-hydroxylation sites is 3. The molecule has 0 amide bonds. The van der Waals surface area contributed by atoms with Crippen molar-refractivity contribution < 1.29 is 0 Å². The molecule has 48 heavy (non-hydrogen) atoms. The van der Waals surface area contributed by atoms with Gasteiger partial charge in [0.15, 0.2) is 0 Å². The van der Waals surface area contributed by atoms with E-state index < -0.39 is 0 Å². The van der Waals surface area contributed by atoms with Gasteiger partial charge in [0.1, 0.15) is 0 Å². The number of hydrogen-bond donors (Lipinski definition) is 0. The molecule has 0 aliphatic rings. The van der Waals surface area contributed by atoms with Gasteiger partial charge < -0.3 is 9.13 Å². The molecule has 224 valence electrons. The molecule has 0 saturated carbocycles. The first-order valence-electron chi connectivity index (χ1n) is 16.5. The van der Waals surface area contributed by atoms with Crippen LogP contribution in [0.15, 0.2) is 182 Å². The molecule has 2 heterocycles. The Labute approximate surface area is 278 Å². The summed E-state index contributed by atoms with van der Waals surface area (Å²) in [4.78, 5) is 0. The Balaban J connectivity index is 1.09. The van der Waals surface area contributed by atoms with Gasteiger partial charge in [-0.2, -0.15) is 0 Å². The highest BCUT2D eigenvalue weighted by Gasteiger charge is 2.16. The molecular formula is C46H30N2. The lowest BCUT2D eigenvalue weighted by Gasteiger charge is -2.10. The standard InChI is InChI=1S/C46H30N2/c1-2-12-37(13-3-1)47-43-16-8-6-14-39(43)41-29-35(22-26-45(41)47)36-23-27-46-42(30-36)40-15-7-9-17-44(40)48(46)38-24-20-32(21-25-38)34-19-18-31-10-4-5-11-33(31)28-34/h1-30H. The second kappa shape index (κ2) is 10.6. The minimum Gasteiger partial charge on any atom is -0.309 e. The van der Waals surface area contributed by atoms with Gasteiger partial charge in [-0.3, -0.25) is 0 Å². The van der Waals surface area contributed by atoms with E-state index in [1.807, 2.05) is 0 Å². The highest BCUT2D eigenvalue weighted by Crippen LogP contribution is 2.38. The Morgan fingerprint density at radius 2 is 0.688 bits per heavy atom. The van der Waals surface area contributed by atoms with Crippen LogP contribution in [-0.2, 0) is 0 Å². The van der Waals surface area contributed by atoms with Gasteiger partial charge in [-0.25, -0.2) is 0 Å². The molecule has 2 aromatic heterocycles. The van der Waals surface area contributed by atoms with E-state index in [9.17, 15) is 0 Å². The number of rotatable bonds is 4. The zero-order chi connectivity index (χ0) is 31.6. The van der Waals surface area contributed by atoms with Crippen LogP contribution in [-0.4, -0.2) is 9.13 Å². The summed E-state index contributed by atoms with van der Waals surface area (Å²) in [5, 5.41) is 7.58. The van der Waals surface area contributed by atoms with E-state index in [0.717, 1.165) is 5.69 Å². The van der Waals surface area contributed by atoms with Crippen molar-refractivity contribution in [1.29, 1.82) is 0 Å². The first kappa shape index (κ1) is 26.8. The second-order valence-corrected chi connectivity index (χ2v) is 12.6. The van der Waals surface area contributed by atoms with Gasteiger partial charge >= 0.3 is 0 Å². The van der Waals surface area contributed by atoms with E-state index in [2.05, 4.69) is 191 Å². The molecular weight excluding hydrogens is 581 g/mol. The molecule has 0 atom stereocenters. The number of nitrogens with zero attached hydrogens (tertiary/aromatic N) is 2. The molecule has 8 aromatic carbocycles. The highest BCUT2D eigenvalue weighted by molar-refractivity contribution is 6.12. The van der Waals surface area contributed by atoms with Gasteiger partial charge in [-0.15, -0.1) is 0 Å². The second-order valence-electron chi connectivity index (χ2n) is 12.6. The van der Waals surface area contributed by atoms with Crippen LogP contribution in [0.2, 0.25) is 0 Å². The minimum absolute atomic E-state index is 1.16. The third-order valence-corrected chi connectivity index (χ3v) is 9.90. The molecule has 10 aromatic rings. The topological polar surface area (TPSA) is 9.86 Å². The van der Waals surface area contributed by atoms with Crippen molar-refractivity contribution in [3.05, 3.63) is 182 Å². The fourth-order valence-electron chi connectivity index (χ4n) is 7.61. The largest absolute Gasteiger partial charge is 0.309 e. The summed E-state index contributed by atoms with van der Waals surface area (Å²) in [5.41, 5.74) is 12.1. The summed E-state index contributed by atoms with van der Waals surface area (Å²) < 4.78 is 4.77. The minimum atomic E-state index is 1.16. The normalized spacial score (nSPS) is 11.8. The van der Waals surface area contributed by atoms with Crippen molar-refractivity contribution in [2.45, 2.75) is 0 Å². The van der Waals surface area contributed by atoms with Crippen LogP contribution in [0.1, 0.15) is 0 Å². The summed E-state index contributed by atoms with van der Waals surface area (Å²) in [6.45, 7) is 0. The molecule has 0 aliphatic heterocycles. The van der Waals surface area contributed by atoms with Crippen molar-refractivity contribution in [2.24, 2.45) is 0 Å². The lowest BCUT2D eigenvalue weighted by atomic mass is 10.0. The first-order valence-corrected chi connectivity index (χ1v) is 16.5. The molecule has 2 heteroatoms. The van der Waals surface area contributed by atoms with Gasteiger partial charge in [-0.05, 0) is 99.8 Å². The molecule has 0 fully saturated rings. The maximum atomic E-state index is 2.40. The lowest BCUT2D eigenvalue weighted by molar-refractivity contribution is 1.18. The number of hydrogen-bond acceptors (Lipinski definition) is 0. The Bertz CT molecular complexity index is 2820. The van der Waals surface area contributed by atoms with E-state index in [-0.39, 0.29) is 0 Å². The van der Waals surface area contributed by atoms with Crippen molar-refractivity contribution in [2.75, 3.05) is 0 Å². The van der Waals surface area contributed by atoms with Gasteiger partial charge in [0.25, 0.3) is 0 Å². The molecule has 0 aliphatic carbocycles. The summed E-state index contributed by atoms with van der Waals surface area (Å²) in [5.74, 6) is 0. The van der Waals surface area contributed by atoms with E-state index in [1.165, 1.54) is 82.3 Å². The van der Waals surface area contributed by atoms with Crippen molar-refractivity contribution in [3.8, 4) is 33.6 Å². The third kappa shape index (κ3) is 4.13. The lowest BCUT2D eigenvalue weighted by Crippen LogP contribution is -1.94. The summed E-state index contributed by atoms with van der Waals surface area (Å²) >= 11 is 0. The molecule has 0 saturated heterocycles. The first-order chi connectivity index (χ1) is 23.8. The van der Waals surface area contributed by atoms with Crippen LogP contribution >= 0.6 is 0 Å². The average molecular weight is 611 g/mol. The quantitative estimate of drug-likeness (QED) is 0.188. The maximum Gasteiger partial charge on any atom is 0.0541 e. The smallest absolute Gasteiger partial charge is 0.0541 e. The molecule has 0 N–H and O–H groups in total. The molecule has 10 rings (SSSR count). The Morgan fingerprint density at radius 3 is 1.31 bits per heavy atom. The zero-order valence-electron chi connectivity index (χ0n) is 26.2. The van der Waals surface area contributed by atoms with Gasteiger partial charge in [-0.1, -0.05) is 115 Å². The predicted octanol–water partition coefficient (Wildman–Crippen LogP) is 12.4.